The van der Waals surface area contributed by atoms with Crippen LogP contribution in [0.1, 0.15) is 5.56 Å². The number of nitrogens with zero attached hydrogens (tertiary/aromatic N) is 1. The van der Waals surface area contributed by atoms with Gasteiger partial charge in [0.25, 0.3) is 0 Å². The van der Waals surface area contributed by atoms with E-state index >= 15 is 0 Å². The van der Waals surface area contributed by atoms with Crippen molar-refractivity contribution in [2.24, 2.45) is 5.16 Å². The Labute approximate surface area is 141 Å². The van der Waals surface area contributed by atoms with Crippen LogP contribution in [-0.2, 0) is 10.1 Å². The number of hydrogen-bond acceptors (Lipinski definition) is 5. The molecule has 1 N–H and O–H groups in total. The summed E-state index contributed by atoms with van der Waals surface area (Å²) >= 11 is 17.5. The van der Waals surface area contributed by atoms with Gasteiger partial charge in [0.2, 0.25) is 0 Å². The van der Waals surface area contributed by atoms with Gasteiger partial charge in [0.05, 0.1) is 11.2 Å². The van der Waals surface area contributed by atoms with Crippen LogP contribution in [0.2, 0.25) is 15.1 Å². The quantitative estimate of drug-likeness (QED) is 0.373. The van der Waals surface area contributed by atoms with Crippen molar-refractivity contribution >= 4 is 51.1 Å². The zero-order valence-corrected chi connectivity index (χ0v) is 13.8. The van der Waals surface area contributed by atoms with Crippen LogP contribution in [0.3, 0.4) is 0 Å². The van der Waals surface area contributed by atoms with Crippen molar-refractivity contribution in [1.82, 2.24) is 0 Å². The lowest BCUT2D eigenvalue weighted by Crippen LogP contribution is -2.11. The van der Waals surface area contributed by atoms with Crippen molar-refractivity contribution in [3.8, 4) is 5.75 Å². The van der Waals surface area contributed by atoms with Gasteiger partial charge in [-0.15, -0.1) is 0 Å². The minimum absolute atomic E-state index is 0.0417. The van der Waals surface area contributed by atoms with Crippen LogP contribution < -0.4 is 4.18 Å². The number of rotatable bonds is 4. The third-order valence-electron chi connectivity index (χ3n) is 2.53. The second kappa shape index (κ2) is 6.75. The van der Waals surface area contributed by atoms with Gasteiger partial charge in [-0.3, -0.25) is 0 Å². The van der Waals surface area contributed by atoms with E-state index in [1.54, 1.807) is 0 Å². The molecule has 0 aliphatic carbocycles. The summed E-state index contributed by atoms with van der Waals surface area (Å²) in [6.45, 7) is 0. The molecule has 0 saturated carbocycles. The summed E-state index contributed by atoms with van der Waals surface area (Å²) in [5, 5.41) is 12.0. The van der Waals surface area contributed by atoms with Gasteiger partial charge in [0.15, 0.2) is 5.75 Å². The van der Waals surface area contributed by atoms with E-state index in [0.29, 0.717) is 5.02 Å². The molecule has 5 nitrogen and oxygen atoms in total. The van der Waals surface area contributed by atoms with E-state index < -0.39 is 10.1 Å². The van der Waals surface area contributed by atoms with Crippen LogP contribution in [0, 0.1) is 0 Å². The van der Waals surface area contributed by atoms with E-state index in [-0.39, 0.29) is 26.3 Å². The predicted molar refractivity (Wildman–Crippen MR) is 85.1 cm³/mol. The molecule has 2 aromatic rings. The lowest BCUT2D eigenvalue weighted by atomic mass is 10.2. The summed E-state index contributed by atoms with van der Waals surface area (Å²) in [6, 6.07) is 8.07. The maximum atomic E-state index is 12.2. The average Bonchev–Trinajstić information content (AvgIpc) is 2.43. The highest BCUT2D eigenvalue weighted by Crippen LogP contribution is 2.33. The fraction of sp³-hybridized carbons (Fsp3) is 0. The van der Waals surface area contributed by atoms with Gasteiger partial charge in [-0.05, 0) is 36.4 Å². The SMILES string of the molecule is O=S(=O)(Oc1c(Cl)cc(Cl)cc1/C=N\O)c1ccc(Cl)cc1. The molecule has 22 heavy (non-hydrogen) atoms. The molecule has 0 fully saturated rings. The Morgan fingerprint density at radius 1 is 1.05 bits per heavy atom. The first kappa shape index (κ1) is 16.9. The molecule has 0 spiro atoms. The molecule has 0 radical (unpaired) electrons. The van der Waals surface area contributed by atoms with E-state index in [1.165, 1.54) is 36.4 Å². The highest BCUT2D eigenvalue weighted by Gasteiger charge is 2.21. The van der Waals surface area contributed by atoms with Gasteiger partial charge in [-0.25, -0.2) is 0 Å². The summed E-state index contributed by atoms with van der Waals surface area (Å²) < 4.78 is 29.5. The first-order valence-electron chi connectivity index (χ1n) is 5.70. The molecular formula is C13H8Cl3NO4S. The molecule has 0 aliphatic rings. The second-order valence-corrected chi connectivity index (χ2v) is 6.87. The minimum atomic E-state index is -4.14. The fourth-order valence-electron chi connectivity index (χ4n) is 1.59. The van der Waals surface area contributed by atoms with Gasteiger partial charge in [-0.1, -0.05) is 40.0 Å². The molecule has 0 bridgehead atoms. The molecule has 0 heterocycles. The van der Waals surface area contributed by atoms with E-state index in [4.69, 9.17) is 44.2 Å². The standard InChI is InChI=1S/C13H8Cl3NO4S/c14-9-1-3-11(4-2-9)22(19,20)21-13-8(7-17-18)5-10(15)6-12(13)16/h1-7,18H/b17-7-. The minimum Gasteiger partial charge on any atom is -0.411 e. The molecule has 9 heteroatoms. The maximum absolute atomic E-state index is 12.2. The highest BCUT2D eigenvalue weighted by molar-refractivity contribution is 7.87. The lowest BCUT2D eigenvalue weighted by molar-refractivity contribution is 0.321. The van der Waals surface area contributed by atoms with Crippen LogP contribution in [-0.4, -0.2) is 19.8 Å². The van der Waals surface area contributed by atoms with Crippen LogP contribution in [0.5, 0.6) is 5.75 Å². The Hall–Kier alpha value is -1.47. The summed E-state index contributed by atoms with van der Waals surface area (Å²) in [6.07, 6.45) is 0.963. The van der Waals surface area contributed by atoms with E-state index in [1.807, 2.05) is 0 Å². The Morgan fingerprint density at radius 2 is 1.68 bits per heavy atom. The third kappa shape index (κ3) is 3.84. The van der Waals surface area contributed by atoms with Crippen LogP contribution >= 0.6 is 34.8 Å². The van der Waals surface area contributed by atoms with E-state index in [9.17, 15) is 8.42 Å². The van der Waals surface area contributed by atoms with Gasteiger partial charge >= 0.3 is 10.1 Å². The van der Waals surface area contributed by atoms with Gasteiger partial charge < -0.3 is 9.39 Å². The zero-order valence-electron chi connectivity index (χ0n) is 10.7. The smallest absolute Gasteiger partial charge is 0.339 e. The Bertz CT molecular complexity index is 820. The van der Waals surface area contributed by atoms with Crippen LogP contribution in [0.4, 0.5) is 0 Å². The van der Waals surface area contributed by atoms with Crippen molar-refractivity contribution in [2.75, 3.05) is 0 Å². The van der Waals surface area contributed by atoms with Crippen molar-refractivity contribution in [3.05, 3.63) is 57.0 Å². The Kier molecular flexibility index (Phi) is 5.18. The number of oxime groups is 1. The zero-order chi connectivity index (χ0) is 16.3. The molecule has 0 atom stereocenters. The van der Waals surface area contributed by atoms with Crippen molar-refractivity contribution in [3.63, 3.8) is 0 Å². The molecule has 0 aromatic heterocycles. The lowest BCUT2D eigenvalue weighted by Gasteiger charge is -2.11. The molecular weight excluding hydrogens is 373 g/mol. The molecule has 2 rings (SSSR count). The fourth-order valence-corrected chi connectivity index (χ4v) is 3.28. The average molecular weight is 381 g/mol. The van der Waals surface area contributed by atoms with Crippen LogP contribution in [0.25, 0.3) is 0 Å². The molecule has 0 saturated heterocycles. The van der Waals surface area contributed by atoms with Gasteiger partial charge in [0.1, 0.15) is 4.90 Å². The monoisotopic (exact) mass is 379 g/mol. The largest absolute Gasteiger partial charge is 0.411 e. The Morgan fingerprint density at radius 3 is 2.27 bits per heavy atom. The number of hydrogen-bond donors (Lipinski definition) is 1. The summed E-state index contributed by atoms with van der Waals surface area (Å²) in [7, 11) is -4.14. The first-order valence-corrected chi connectivity index (χ1v) is 8.24. The topological polar surface area (TPSA) is 76.0 Å². The maximum Gasteiger partial charge on any atom is 0.339 e. The summed E-state index contributed by atoms with van der Waals surface area (Å²) in [4.78, 5) is -0.102. The number of halogens is 3. The van der Waals surface area contributed by atoms with Crippen molar-refractivity contribution in [1.29, 1.82) is 0 Å². The van der Waals surface area contributed by atoms with E-state index in [2.05, 4.69) is 5.16 Å². The highest BCUT2D eigenvalue weighted by atomic mass is 35.5. The number of benzene rings is 2. The van der Waals surface area contributed by atoms with Crippen molar-refractivity contribution < 1.29 is 17.8 Å². The third-order valence-corrected chi connectivity index (χ3v) is 4.52. The summed E-state index contributed by atoms with van der Waals surface area (Å²) in [5.74, 6) is -0.196. The molecule has 0 aliphatic heterocycles. The normalized spacial score (nSPS) is 11.8. The second-order valence-electron chi connectivity index (χ2n) is 4.04. The first-order chi connectivity index (χ1) is 10.3. The van der Waals surface area contributed by atoms with Crippen molar-refractivity contribution in [2.45, 2.75) is 4.90 Å². The Balaban J connectivity index is 2.47. The summed E-state index contributed by atoms with van der Waals surface area (Å²) in [5.41, 5.74) is 0.109. The predicted octanol–water partition coefficient (Wildman–Crippen LogP) is 4.22. The van der Waals surface area contributed by atoms with Crippen LogP contribution in [0.15, 0.2) is 46.4 Å². The molecule has 116 valence electrons. The van der Waals surface area contributed by atoms with Gasteiger partial charge in [0, 0.05) is 15.6 Å². The molecule has 0 unspecified atom stereocenters. The molecule has 2 aromatic carbocycles. The van der Waals surface area contributed by atoms with Gasteiger partial charge in [-0.2, -0.15) is 8.42 Å². The molecule has 0 amide bonds. The van der Waals surface area contributed by atoms with E-state index in [0.717, 1.165) is 6.21 Å².